The van der Waals surface area contributed by atoms with E-state index in [1.165, 1.54) is 0 Å². The fourth-order valence-corrected chi connectivity index (χ4v) is 1.23. The number of carbonyl (C=O) groups excluding carboxylic acids is 1. The molecule has 0 unspecified atom stereocenters. The van der Waals surface area contributed by atoms with Gasteiger partial charge in [0.1, 0.15) is 6.04 Å². The molecule has 70 valence electrons. The molecule has 4 nitrogen and oxygen atoms in total. The molecule has 1 heterocycles. The number of hydrogen-bond acceptors (Lipinski definition) is 4. The summed E-state index contributed by atoms with van der Waals surface area (Å²) < 4.78 is 10.2. The van der Waals surface area contributed by atoms with Crippen LogP contribution in [0.4, 0.5) is 0 Å². The summed E-state index contributed by atoms with van der Waals surface area (Å²) in [5.74, 6) is -0.218. The van der Waals surface area contributed by atoms with Crippen LogP contribution in [-0.4, -0.2) is 37.9 Å². The Bertz CT molecular complexity index is 160. The highest BCUT2D eigenvalue weighted by Gasteiger charge is 2.29. The van der Waals surface area contributed by atoms with E-state index in [1.54, 1.807) is 6.92 Å². The Labute approximate surface area is 72.2 Å². The highest BCUT2D eigenvalue weighted by atomic mass is 16.5. The van der Waals surface area contributed by atoms with Crippen molar-refractivity contribution in [1.29, 1.82) is 0 Å². The fourth-order valence-electron chi connectivity index (χ4n) is 1.23. The molecule has 0 spiro atoms. The maximum absolute atomic E-state index is 11.2. The van der Waals surface area contributed by atoms with E-state index in [-0.39, 0.29) is 18.1 Å². The molecule has 1 saturated heterocycles. The average molecular weight is 173 g/mol. The predicted octanol–water partition coefficient (Wildman–Crippen LogP) is -0.0736. The van der Waals surface area contributed by atoms with Crippen molar-refractivity contribution in [2.75, 3.05) is 19.8 Å². The SMILES string of the molecule is CCOC(=O)[C@@H]1NCCO[C@H]1C. The zero-order valence-corrected chi connectivity index (χ0v) is 7.50. The van der Waals surface area contributed by atoms with Crippen LogP contribution in [0.25, 0.3) is 0 Å². The van der Waals surface area contributed by atoms with Crippen molar-refractivity contribution in [3.8, 4) is 0 Å². The van der Waals surface area contributed by atoms with E-state index in [1.807, 2.05) is 6.92 Å². The molecule has 1 rings (SSSR count). The van der Waals surface area contributed by atoms with Gasteiger partial charge >= 0.3 is 5.97 Å². The molecule has 1 aliphatic rings. The topological polar surface area (TPSA) is 47.6 Å². The van der Waals surface area contributed by atoms with Gasteiger partial charge in [-0.15, -0.1) is 0 Å². The Balaban J connectivity index is 2.42. The van der Waals surface area contributed by atoms with Gasteiger partial charge in [0.2, 0.25) is 0 Å². The summed E-state index contributed by atoms with van der Waals surface area (Å²) >= 11 is 0. The van der Waals surface area contributed by atoms with Crippen molar-refractivity contribution in [2.24, 2.45) is 0 Å². The Kier molecular flexibility index (Phi) is 3.49. The summed E-state index contributed by atoms with van der Waals surface area (Å²) in [4.78, 5) is 11.2. The lowest BCUT2D eigenvalue weighted by molar-refractivity contribution is -0.151. The largest absolute Gasteiger partial charge is 0.465 e. The molecule has 1 N–H and O–H groups in total. The van der Waals surface area contributed by atoms with Gasteiger partial charge < -0.3 is 9.47 Å². The van der Waals surface area contributed by atoms with Gasteiger partial charge in [-0.05, 0) is 13.8 Å². The van der Waals surface area contributed by atoms with Crippen LogP contribution in [0.3, 0.4) is 0 Å². The lowest BCUT2D eigenvalue weighted by atomic mass is 10.1. The summed E-state index contributed by atoms with van der Waals surface area (Å²) in [5.41, 5.74) is 0. The third-order valence-electron chi connectivity index (χ3n) is 1.86. The minimum absolute atomic E-state index is 0.0854. The van der Waals surface area contributed by atoms with Crippen molar-refractivity contribution in [2.45, 2.75) is 26.0 Å². The van der Waals surface area contributed by atoms with Gasteiger partial charge in [0.05, 0.1) is 19.3 Å². The summed E-state index contributed by atoms with van der Waals surface area (Å²) in [5, 5.41) is 3.05. The Morgan fingerprint density at radius 1 is 1.75 bits per heavy atom. The van der Waals surface area contributed by atoms with Gasteiger partial charge in [-0.25, -0.2) is 0 Å². The maximum atomic E-state index is 11.2. The predicted molar refractivity (Wildman–Crippen MR) is 43.8 cm³/mol. The molecule has 1 aliphatic heterocycles. The average Bonchev–Trinajstić information content (AvgIpc) is 2.05. The fraction of sp³-hybridized carbons (Fsp3) is 0.875. The van der Waals surface area contributed by atoms with Crippen molar-refractivity contribution in [3.05, 3.63) is 0 Å². The third kappa shape index (κ3) is 2.19. The molecule has 0 aromatic carbocycles. The Morgan fingerprint density at radius 3 is 3.08 bits per heavy atom. The molecule has 2 atom stereocenters. The number of ether oxygens (including phenoxy) is 2. The van der Waals surface area contributed by atoms with E-state index in [0.29, 0.717) is 19.8 Å². The molecule has 0 aromatic rings. The second-order valence-electron chi connectivity index (χ2n) is 2.76. The maximum Gasteiger partial charge on any atom is 0.325 e. The summed E-state index contributed by atoms with van der Waals surface area (Å²) in [6, 6.07) is -0.293. The quantitative estimate of drug-likeness (QED) is 0.594. The normalized spacial score (nSPS) is 29.8. The molecule has 0 radical (unpaired) electrons. The van der Waals surface area contributed by atoms with E-state index in [9.17, 15) is 4.79 Å². The molecule has 0 aliphatic carbocycles. The zero-order valence-electron chi connectivity index (χ0n) is 7.50. The van der Waals surface area contributed by atoms with Crippen LogP contribution in [0.5, 0.6) is 0 Å². The number of hydrogen-bond donors (Lipinski definition) is 1. The van der Waals surface area contributed by atoms with Crippen molar-refractivity contribution in [3.63, 3.8) is 0 Å². The lowest BCUT2D eigenvalue weighted by Crippen LogP contribution is -2.52. The van der Waals surface area contributed by atoms with Crippen LogP contribution in [0.15, 0.2) is 0 Å². The van der Waals surface area contributed by atoms with Crippen LogP contribution in [0.1, 0.15) is 13.8 Å². The smallest absolute Gasteiger partial charge is 0.325 e. The van der Waals surface area contributed by atoms with Gasteiger partial charge in [-0.1, -0.05) is 0 Å². The lowest BCUT2D eigenvalue weighted by Gasteiger charge is -2.28. The first-order valence-corrected chi connectivity index (χ1v) is 4.27. The van der Waals surface area contributed by atoms with Crippen LogP contribution >= 0.6 is 0 Å². The molecule has 1 fully saturated rings. The van der Waals surface area contributed by atoms with E-state index in [0.717, 1.165) is 0 Å². The Morgan fingerprint density at radius 2 is 2.50 bits per heavy atom. The summed E-state index contributed by atoms with van der Waals surface area (Å²) in [6.45, 7) is 5.47. The van der Waals surface area contributed by atoms with Gasteiger partial charge in [-0.2, -0.15) is 0 Å². The molecule has 0 aromatic heterocycles. The molecular formula is C8H15NO3. The number of rotatable bonds is 2. The van der Waals surface area contributed by atoms with Crippen molar-refractivity contribution in [1.82, 2.24) is 5.32 Å². The third-order valence-corrected chi connectivity index (χ3v) is 1.86. The van der Waals surface area contributed by atoms with Crippen LogP contribution in [-0.2, 0) is 14.3 Å². The minimum Gasteiger partial charge on any atom is -0.465 e. The van der Waals surface area contributed by atoms with E-state index < -0.39 is 0 Å². The standard InChI is InChI=1S/C8H15NO3/c1-3-11-8(10)7-6(2)12-5-4-9-7/h6-7,9H,3-5H2,1-2H3/t6-,7+/m0/s1. The molecule has 0 amide bonds. The molecule has 0 saturated carbocycles. The summed E-state index contributed by atoms with van der Waals surface area (Å²) in [7, 11) is 0. The second-order valence-corrected chi connectivity index (χ2v) is 2.76. The highest BCUT2D eigenvalue weighted by molar-refractivity contribution is 5.76. The molecule has 12 heavy (non-hydrogen) atoms. The molecule has 4 heteroatoms. The van der Waals surface area contributed by atoms with Gasteiger partial charge in [0, 0.05) is 6.54 Å². The monoisotopic (exact) mass is 173 g/mol. The zero-order chi connectivity index (χ0) is 8.97. The Hall–Kier alpha value is -0.610. The van der Waals surface area contributed by atoms with Gasteiger partial charge in [0.25, 0.3) is 0 Å². The summed E-state index contributed by atoms with van der Waals surface area (Å²) in [6.07, 6.45) is -0.0854. The van der Waals surface area contributed by atoms with Crippen molar-refractivity contribution < 1.29 is 14.3 Å². The number of esters is 1. The first-order chi connectivity index (χ1) is 5.75. The van der Waals surface area contributed by atoms with Gasteiger partial charge in [-0.3, -0.25) is 10.1 Å². The van der Waals surface area contributed by atoms with E-state index in [4.69, 9.17) is 9.47 Å². The van der Waals surface area contributed by atoms with Crippen LogP contribution < -0.4 is 5.32 Å². The number of carbonyl (C=O) groups is 1. The number of nitrogens with one attached hydrogen (secondary N) is 1. The second kappa shape index (κ2) is 4.42. The number of morpholine rings is 1. The molecule has 0 bridgehead atoms. The first-order valence-electron chi connectivity index (χ1n) is 4.27. The minimum atomic E-state index is -0.293. The van der Waals surface area contributed by atoms with E-state index >= 15 is 0 Å². The molecular weight excluding hydrogens is 158 g/mol. The van der Waals surface area contributed by atoms with Crippen LogP contribution in [0, 0.1) is 0 Å². The van der Waals surface area contributed by atoms with Crippen molar-refractivity contribution >= 4 is 5.97 Å². The van der Waals surface area contributed by atoms with Gasteiger partial charge in [0.15, 0.2) is 0 Å². The first kappa shape index (κ1) is 9.48. The van der Waals surface area contributed by atoms with Crippen LogP contribution in [0.2, 0.25) is 0 Å². The van der Waals surface area contributed by atoms with E-state index in [2.05, 4.69) is 5.32 Å². The highest BCUT2D eigenvalue weighted by Crippen LogP contribution is 2.05.